The predicted molar refractivity (Wildman–Crippen MR) is 129 cm³/mol. The summed E-state index contributed by atoms with van der Waals surface area (Å²) in [5.41, 5.74) is 3.24. The molecule has 0 spiro atoms. The molecule has 2 aliphatic rings. The van der Waals surface area contributed by atoms with Gasteiger partial charge in [0.2, 0.25) is 5.91 Å². The van der Waals surface area contributed by atoms with Crippen molar-refractivity contribution in [1.82, 2.24) is 5.32 Å². The second-order valence-electron chi connectivity index (χ2n) is 7.97. The van der Waals surface area contributed by atoms with Crippen LogP contribution >= 0.6 is 11.8 Å². The molecule has 1 heterocycles. The van der Waals surface area contributed by atoms with Gasteiger partial charge in [0.05, 0.1) is 24.2 Å². The minimum atomic E-state index is -0.224. The number of methoxy groups -OCH3 is 1. The van der Waals surface area contributed by atoms with Crippen LogP contribution in [0.3, 0.4) is 0 Å². The largest absolute Gasteiger partial charge is 0.497 e. The third-order valence-corrected chi connectivity index (χ3v) is 6.78. The summed E-state index contributed by atoms with van der Waals surface area (Å²) in [5.74, 6) is 0.359. The standard InChI is InChI=1S/C26H28N2O3S/c1-31-21-11-7-10-20(16-21)18-28-22-12-5-6-13-23(22)32-24(26(28)30)17-25(29)27-15-14-19-8-3-2-4-9-19/h5-8,10-13,16-17H,2-4,9,14-15,18H2,1H3,(H,27,29). The number of carbonyl (C=O) groups is 2. The molecule has 32 heavy (non-hydrogen) atoms. The number of benzene rings is 2. The van der Waals surface area contributed by atoms with E-state index >= 15 is 0 Å². The second kappa shape index (κ2) is 10.6. The van der Waals surface area contributed by atoms with Crippen LogP contribution in [0.4, 0.5) is 5.69 Å². The lowest BCUT2D eigenvalue weighted by Crippen LogP contribution is -2.34. The Hall–Kier alpha value is -2.99. The molecule has 1 aliphatic heterocycles. The Morgan fingerprint density at radius 1 is 1.19 bits per heavy atom. The van der Waals surface area contributed by atoms with Crippen LogP contribution in [0, 0.1) is 0 Å². The molecular weight excluding hydrogens is 420 g/mol. The average Bonchev–Trinajstić information content (AvgIpc) is 2.82. The molecule has 2 aromatic rings. The van der Waals surface area contributed by atoms with Gasteiger partial charge in [-0.05, 0) is 61.9 Å². The molecule has 0 aromatic heterocycles. The Bertz CT molecular complexity index is 1060. The van der Waals surface area contributed by atoms with Crippen molar-refractivity contribution in [3.8, 4) is 5.75 Å². The van der Waals surface area contributed by atoms with Crippen molar-refractivity contribution in [2.45, 2.75) is 43.5 Å². The van der Waals surface area contributed by atoms with Gasteiger partial charge in [0.15, 0.2) is 0 Å². The minimum absolute atomic E-state index is 0.165. The van der Waals surface area contributed by atoms with E-state index in [0.29, 0.717) is 18.0 Å². The number of nitrogens with one attached hydrogen (secondary N) is 1. The highest BCUT2D eigenvalue weighted by atomic mass is 32.2. The Morgan fingerprint density at radius 3 is 2.88 bits per heavy atom. The molecule has 0 saturated heterocycles. The normalized spacial score (nSPS) is 17.0. The Labute approximate surface area is 193 Å². The van der Waals surface area contributed by atoms with Crippen LogP contribution in [0.1, 0.15) is 37.7 Å². The van der Waals surface area contributed by atoms with Gasteiger partial charge >= 0.3 is 0 Å². The molecule has 2 amide bonds. The smallest absolute Gasteiger partial charge is 0.265 e. The third-order valence-electron chi connectivity index (χ3n) is 5.70. The molecule has 5 nitrogen and oxygen atoms in total. The minimum Gasteiger partial charge on any atom is -0.497 e. The first kappa shape index (κ1) is 22.2. The summed E-state index contributed by atoms with van der Waals surface area (Å²) in [7, 11) is 1.63. The van der Waals surface area contributed by atoms with Gasteiger partial charge in [-0.2, -0.15) is 0 Å². The first-order valence-electron chi connectivity index (χ1n) is 11.0. The lowest BCUT2D eigenvalue weighted by atomic mass is 9.97. The zero-order valence-electron chi connectivity index (χ0n) is 18.3. The van der Waals surface area contributed by atoms with Gasteiger partial charge in [-0.3, -0.25) is 9.59 Å². The number of amides is 2. The van der Waals surface area contributed by atoms with E-state index in [2.05, 4.69) is 11.4 Å². The molecule has 0 bridgehead atoms. The van der Waals surface area contributed by atoms with E-state index in [1.807, 2.05) is 48.5 Å². The van der Waals surface area contributed by atoms with Gasteiger partial charge in [0, 0.05) is 17.5 Å². The van der Waals surface area contributed by atoms with E-state index in [0.717, 1.165) is 41.2 Å². The van der Waals surface area contributed by atoms with Crippen molar-refractivity contribution in [2.75, 3.05) is 18.6 Å². The number of thioether (sulfide) groups is 1. The quantitative estimate of drug-likeness (QED) is 0.466. The van der Waals surface area contributed by atoms with Crippen LogP contribution in [0.15, 0.2) is 76.1 Å². The number of fused-ring (bicyclic) bond motifs is 1. The Balaban J connectivity index is 1.48. The van der Waals surface area contributed by atoms with Crippen LogP contribution in [-0.2, 0) is 16.1 Å². The lowest BCUT2D eigenvalue weighted by molar-refractivity contribution is -0.118. The maximum absolute atomic E-state index is 13.3. The fraction of sp³-hybridized carbons (Fsp3) is 0.308. The van der Waals surface area contributed by atoms with E-state index in [-0.39, 0.29) is 11.8 Å². The number of nitrogens with zero attached hydrogens (tertiary/aromatic N) is 1. The van der Waals surface area contributed by atoms with E-state index in [1.54, 1.807) is 12.0 Å². The fourth-order valence-electron chi connectivity index (χ4n) is 4.02. The zero-order valence-corrected chi connectivity index (χ0v) is 19.1. The van der Waals surface area contributed by atoms with E-state index in [4.69, 9.17) is 4.74 Å². The maximum atomic E-state index is 13.3. The highest BCUT2D eigenvalue weighted by Gasteiger charge is 2.29. The zero-order chi connectivity index (χ0) is 22.3. The predicted octanol–water partition coefficient (Wildman–Crippen LogP) is 5.22. The third kappa shape index (κ3) is 5.43. The second-order valence-corrected chi connectivity index (χ2v) is 9.05. The van der Waals surface area contributed by atoms with Crippen molar-refractivity contribution in [1.29, 1.82) is 0 Å². The number of ether oxygens (including phenoxy) is 1. The Morgan fingerprint density at radius 2 is 2.06 bits per heavy atom. The van der Waals surface area contributed by atoms with Crippen molar-refractivity contribution in [3.63, 3.8) is 0 Å². The molecule has 0 unspecified atom stereocenters. The number of hydrogen-bond donors (Lipinski definition) is 1. The van der Waals surface area contributed by atoms with E-state index in [1.165, 1.54) is 36.3 Å². The van der Waals surface area contributed by atoms with Crippen molar-refractivity contribution >= 4 is 29.3 Å². The average molecular weight is 449 g/mol. The molecule has 4 rings (SSSR count). The summed E-state index contributed by atoms with van der Waals surface area (Å²) in [6.07, 6.45) is 9.37. The van der Waals surface area contributed by atoms with E-state index in [9.17, 15) is 9.59 Å². The number of allylic oxidation sites excluding steroid dienone is 1. The summed E-state index contributed by atoms with van der Waals surface area (Å²) < 4.78 is 5.32. The SMILES string of the molecule is COc1cccc(CN2C(=O)C(=CC(=O)NCCC3=CCCCC3)Sc3ccccc32)c1. The van der Waals surface area contributed by atoms with E-state index < -0.39 is 0 Å². The summed E-state index contributed by atoms with van der Waals surface area (Å²) in [4.78, 5) is 29.0. The summed E-state index contributed by atoms with van der Waals surface area (Å²) in [5, 5.41) is 2.94. The van der Waals surface area contributed by atoms with Crippen molar-refractivity contribution in [3.05, 3.63) is 76.7 Å². The van der Waals surface area contributed by atoms with Gasteiger partial charge in [0.25, 0.3) is 5.91 Å². The number of para-hydroxylation sites is 1. The highest BCUT2D eigenvalue weighted by molar-refractivity contribution is 8.04. The van der Waals surface area contributed by atoms with Crippen LogP contribution in [0.5, 0.6) is 5.75 Å². The fourth-order valence-corrected chi connectivity index (χ4v) is 5.05. The maximum Gasteiger partial charge on any atom is 0.265 e. The van der Waals surface area contributed by atoms with Crippen LogP contribution < -0.4 is 15.0 Å². The number of anilines is 1. The molecule has 0 saturated carbocycles. The van der Waals surface area contributed by atoms with Gasteiger partial charge in [-0.1, -0.05) is 47.7 Å². The summed E-state index contributed by atoms with van der Waals surface area (Å²) >= 11 is 1.35. The Kier molecular flexibility index (Phi) is 7.32. The van der Waals surface area contributed by atoms with Gasteiger partial charge in [-0.25, -0.2) is 0 Å². The number of rotatable bonds is 7. The molecule has 6 heteroatoms. The molecule has 2 aromatic carbocycles. The highest BCUT2D eigenvalue weighted by Crippen LogP contribution is 2.42. The van der Waals surface area contributed by atoms with Crippen LogP contribution in [0.2, 0.25) is 0 Å². The molecule has 1 aliphatic carbocycles. The first-order valence-corrected chi connectivity index (χ1v) is 11.8. The molecule has 166 valence electrons. The molecule has 0 fully saturated rings. The van der Waals surface area contributed by atoms with Gasteiger partial charge in [0.1, 0.15) is 5.75 Å². The summed E-state index contributed by atoms with van der Waals surface area (Å²) in [6, 6.07) is 15.5. The monoisotopic (exact) mass is 448 g/mol. The van der Waals surface area contributed by atoms with Gasteiger partial charge in [-0.15, -0.1) is 0 Å². The van der Waals surface area contributed by atoms with Crippen LogP contribution in [0.25, 0.3) is 0 Å². The lowest BCUT2D eigenvalue weighted by Gasteiger charge is -2.30. The topological polar surface area (TPSA) is 58.6 Å². The van der Waals surface area contributed by atoms with Gasteiger partial charge < -0.3 is 15.0 Å². The van der Waals surface area contributed by atoms with Crippen molar-refractivity contribution in [2.24, 2.45) is 0 Å². The number of hydrogen-bond acceptors (Lipinski definition) is 4. The molecule has 0 atom stereocenters. The molecule has 1 N–H and O–H groups in total. The molecule has 0 radical (unpaired) electrons. The summed E-state index contributed by atoms with van der Waals surface area (Å²) in [6.45, 7) is 0.998. The van der Waals surface area contributed by atoms with Crippen molar-refractivity contribution < 1.29 is 14.3 Å². The molecular formula is C26H28N2O3S. The first-order chi connectivity index (χ1) is 15.6. The van der Waals surface area contributed by atoms with Crippen LogP contribution in [-0.4, -0.2) is 25.5 Å². The number of carbonyl (C=O) groups excluding carboxylic acids is 2.